The average Bonchev–Trinajstić information content (AvgIpc) is 2.93. The van der Waals surface area contributed by atoms with Crippen LogP contribution >= 0.6 is 11.8 Å². The van der Waals surface area contributed by atoms with E-state index in [0.717, 1.165) is 5.56 Å². The number of ketones is 1. The first-order valence-corrected chi connectivity index (χ1v) is 13.5. The van der Waals surface area contributed by atoms with Crippen molar-refractivity contribution in [2.24, 2.45) is 11.3 Å². The molecule has 3 rings (SSSR count). The van der Waals surface area contributed by atoms with Gasteiger partial charge in [-0.2, -0.15) is 0 Å². The van der Waals surface area contributed by atoms with Crippen molar-refractivity contribution >= 4 is 46.4 Å². The molecule has 1 heterocycles. The Bertz CT molecular complexity index is 1240. The van der Waals surface area contributed by atoms with Crippen molar-refractivity contribution in [2.45, 2.75) is 45.4 Å². The zero-order valence-electron chi connectivity index (χ0n) is 22.5. The average molecular weight is 570 g/mol. The number of thioether (sulfide) groups is 1. The van der Waals surface area contributed by atoms with Crippen molar-refractivity contribution in [2.75, 3.05) is 13.4 Å². The third-order valence-corrected chi connectivity index (χ3v) is 7.04. The van der Waals surface area contributed by atoms with Gasteiger partial charge in [0.2, 0.25) is 17.8 Å². The molecule has 1 saturated heterocycles. The molecule has 2 aromatic rings. The molecule has 40 heavy (non-hydrogen) atoms. The van der Waals surface area contributed by atoms with Gasteiger partial charge in [0.25, 0.3) is 0 Å². The van der Waals surface area contributed by atoms with Gasteiger partial charge >= 0.3 is 17.8 Å². The van der Waals surface area contributed by atoms with Crippen molar-refractivity contribution in [3.05, 3.63) is 66.2 Å². The number of amides is 2. The molecule has 1 aliphatic rings. The standard InChI is InChI=1S/C29H31NO9S/c1-29(2,3)28(36)39-18-38-27(35)25(34)30-24(33)22(16-20(31)15-14-19-10-6-4-7-11-19)26(30)40-23(32)17-37-21-12-8-5-9-13-21/h4-13,22,26H,14-18H2,1-3H3/t22-,26-/m1/s1. The topological polar surface area (TPSA) is 133 Å². The SMILES string of the molecule is CC(C)(C)C(=O)OCOC(=O)C(=O)N1C(=O)[C@@H](CC(=O)CCc2ccccc2)[C@H]1SC(=O)COc1ccccc1. The number of esters is 2. The summed E-state index contributed by atoms with van der Waals surface area (Å²) < 4.78 is 15.0. The number of imide groups is 1. The molecule has 0 aromatic heterocycles. The van der Waals surface area contributed by atoms with Gasteiger partial charge in [0.1, 0.15) is 16.9 Å². The van der Waals surface area contributed by atoms with Gasteiger partial charge in [0.05, 0.1) is 11.3 Å². The summed E-state index contributed by atoms with van der Waals surface area (Å²) in [4.78, 5) is 75.8. The lowest BCUT2D eigenvalue weighted by Crippen LogP contribution is -2.64. The van der Waals surface area contributed by atoms with Crippen LogP contribution in [0.2, 0.25) is 0 Å². The number of likely N-dealkylation sites (tertiary alicyclic amines) is 1. The van der Waals surface area contributed by atoms with Crippen LogP contribution in [0, 0.1) is 11.3 Å². The molecule has 2 aromatic carbocycles. The van der Waals surface area contributed by atoms with E-state index in [0.29, 0.717) is 28.8 Å². The van der Waals surface area contributed by atoms with E-state index in [1.165, 1.54) is 0 Å². The van der Waals surface area contributed by atoms with E-state index in [2.05, 4.69) is 0 Å². The summed E-state index contributed by atoms with van der Waals surface area (Å²) in [5.41, 5.74) is 0.107. The fourth-order valence-corrected chi connectivity index (χ4v) is 4.76. The van der Waals surface area contributed by atoms with E-state index in [4.69, 9.17) is 14.2 Å². The third kappa shape index (κ3) is 8.51. The lowest BCUT2D eigenvalue weighted by Gasteiger charge is -2.43. The number of carbonyl (C=O) groups excluding carboxylic acids is 6. The van der Waals surface area contributed by atoms with Gasteiger partial charge < -0.3 is 14.2 Å². The number of β-lactam (4-membered cyclic amide) rings is 1. The second-order valence-corrected chi connectivity index (χ2v) is 11.2. The number of aryl methyl sites for hydroxylation is 1. The second-order valence-electron chi connectivity index (χ2n) is 10.1. The van der Waals surface area contributed by atoms with Crippen LogP contribution in [-0.2, 0) is 44.7 Å². The summed E-state index contributed by atoms with van der Waals surface area (Å²) in [6.45, 7) is 3.63. The molecular weight excluding hydrogens is 538 g/mol. The number of para-hydroxylation sites is 1. The molecule has 212 valence electrons. The minimum atomic E-state index is -1.43. The van der Waals surface area contributed by atoms with Crippen LogP contribution in [-0.4, -0.2) is 58.3 Å². The van der Waals surface area contributed by atoms with Gasteiger partial charge in [-0.05, 0) is 44.9 Å². The van der Waals surface area contributed by atoms with Gasteiger partial charge in [-0.1, -0.05) is 60.3 Å². The zero-order valence-corrected chi connectivity index (χ0v) is 23.3. The Hall–Kier alpha value is -3.99. The summed E-state index contributed by atoms with van der Waals surface area (Å²) in [5, 5.41) is -1.61. The Balaban J connectivity index is 1.63. The Labute approximate surface area is 236 Å². The number of carbonyl (C=O) groups is 6. The van der Waals surface area contributed by atoms with E-state index >= 15 is 0 Å². The number of ether oxygens (including phenoxy) is 3. The van der Waals surface area contributed by atoms with E-state index in [1.807, 2.05) is 30.3 Å². The first-order valence-electron chi connectivity index (χ1n) is 12.6. The molecule has 10 nitrogen and oxygen atoms in total. The van der Waals surface area contributed by atoms with E-state index < -0.39 is 52.4 Å². The van der Waals surface area contributed by atoms with Crippen molar-refractivity contribution in [3.8, 4) is 5.75 Å². The number of benzene rings is 2. The van der Waals surface area contributed by atoms with Crippen LogP contribution in [0.1, 0.15) is 39.2 Å². The highest BCUT2D eigenvalue weighted by molar-refractivity contribution is 8.14. The van der Waals surface area contributed by atoms with E-state index in [9.17, 15) is 28.8 Å². The smallest absolute Gasteiger partial charge is 0.400 e. The first-order chi connectivity index (χ1) is 19.0. The third-order valence-electron chi connectivity index (χ3n) is 5.87. The zero-order chi connectivity index (χ0) is 29.3. The molecule has 0 saturated carbocycles. The van der Waals surface area contributed by atoms with Crippen LogP contribution in [0.4, 0.5) is 0 Å². The maximum atomic E-state index is 12.9. The summed E-state index contributed by atoms with van der Waals surface area (Å²) in [7, 11) is 0. The summed E-state index contributed by atoms with van der Waals surface area (Å²) in [6, 6.07) is 17.9. The normalized spacial score (nSPS) is 16.5. The van der Waals surface area contributed by atoms with Gasteiger partial charge in [0.15, 0.2) is 6.61 Å². The molecule has 0 N–H and O–H groups in total. The van der Waals surface area contributed by atoms with Gasteiger partial charge in [-0.25, -0.2) is 4.79 Å². The second kappa shape index (κ2) is 13.9. The maximum Gasteiger partial charge on any atom is 0.400 e. The maximum absolute atomic E-state index is 12.9. The minimum absolute atomic E-state index is 0.172. The number of Topliss-reactive ketones (excluding diaryl/α,β-unsaturated/α-hetero) is 1. The number of rotatable bonds is 11. The van der Waals surface area contributed by atoms with Crippen LogP contribution in [0.3, 0.4) is 0 Å². The fourth-order valence-electron chi connectivity index (χ4n) is 3.68. The fraction of sp³-hybridized carbons (Fsp3) is 0.379. The highest BCUT2D eigenvalue weighted by Gasteiger charge is 2.54. The Morgan fingerprint density at radius 2 is 1.52 bits per heavy atom. The predicted octanol–water partition coefficient (Wildman–Crippen LogP) is 3.32. The number of hydrogen-bond donors (Lipinski definition) is 0. The molecule has 0 spiro atoms. The number of nitrogens with zero attached hydrogens (tertiary/aromatic N) is 1. The lowest BCUT2D eigenvalue weighted by atomic mass is 9.90. The molecular formula is C29H31NO9S. The molecule has 0 unspecified atom stereocenters. The van der Waals surface area contributed by atoms with E-state index in [1.54, 1.807) is 51.1 Å². The highest BCUT2D eigenvalue weighted by atomic mass is 32.2. The van der Waals surface area contributed by atoms with Crippen LogP contribution < -0.4 is 4.74 Å². The molecule has 0 aliphatic carbocycles. The first kappa shape index (κ1) is 30.6. The van der Waals surface area contributed by atoms with Gasteiger partial charge in [-0.15, -0.1) is 0 Å². The molecule has 2 amide bonds. The molecule has 0 bridgehead atoms. The summed E-state index contributed by atoms with van der Waals surface area (Å²) in [6.07, 6.45) is 0.452. The Kier molecular flexibility index (Phi) is 10.6. The predicted molar refractivity (Wildman–Crippen MR) is 145 cm³/mol. The lowest BCUT2D eigenvalue weighted by molar-refractivity contribution is -0.182. The molecule has 2 atom stereocenters. The van der Waals surface area contributed by atoms with Gasteiger partial charge in [-0.3, -0.25) is 28.9 Å². The monoisotopic (exact) mass is 569 g/mol. The molecule has 1 aliphatic heterocycles. The molecule has 1 fully saturated rings. The largest absolute Gasteiger partial charge is 0.485 e. The van der Waals surface area contributed by atoms with Crippen molar-refractivity contribution in [1.29, 1.82) is 0 Å². The summed E-state index contributed by atoms with van der Waals surface area (Å²) >= 11 is 0.635. The van der Waals surface area contributed by atoms with E-state index in [-0.39, 0.29) is 25.2 Å². The highest BCUT2D eigenvalue weighted by Crippen LogP contribution is 2.38. The number of hydrogen-bond acceptors (Lipinski definition) is 10. The van der Waals surface area contributed by atoms with Gasteiger partial charge in [0, 0.05) is 12.8 Å². The quantitative estimate of drug-likeness (QED) is 0.172. The summed E-state index contributed by atoms with van der Waals surface area (Å²) in [5.74, 6) is -4.92. The van der Waals surface area contributed by atoms with Crippen LogP contribution in [0.15, 0.2) is 60.7 Å². The van der Waals surface area contributed by atoms with Crippen molar-refractivity contribution in [3.63, 3.8) is 0 Å². The van der Waals surface area contributed by atoms with Crippen molar-refractivity contribution < 1.29 is 43.0 Å². The minimum Gasteiger partial charge on any atom is -0.485 e. The van der Waals surface area contributed by atoms with Crippen molar-refractivity contribution in [1.82, 2.24) is 4.90 Å². The Morgan fingerprint density at radius 1 is 0.900 bits per heavy atom. The van der Waals surface area contributed by atoms with Crippen LogP contribution in [0.5, 0.6) is 5.75 Å². The van der Waals surface area contributed by atoms with Crippen LogP contribution in [0.25, 0.3) is 0 Å². The molecule has 11 heteroatoms. The molecule has 0 radical (unpaired) electrons. The Morgan fingerprint density at radius 3 is 2.15 bits per heavy atom.